The van der Waals surface area contributed by atoms with E-state index in [0.717, 1.165) is 21.9 Å². The SMILES string of the molecule is c1ccc(-n2c3ccccc3c3cc(-c4ccc5oc6ccc(C7c8ccccc8-c8ccccc87)cc6c5c4)ccc32)cc1. The minimum Gasteiger partial charge on any atom is -0.456 e. The number of fused-ring (bicyclic) bond motifs is 9. The minimum atomic E-state index is 0.208. The molecule has 9 aromatic rings. The zero-order chi connectivity index (χ0) is 29.5. The molecule has 1 aliphatic carbocycles. The molecule has 45 heavy (non-hydrogen) atoms. The van der Waals surface area contributed by atoms with Gasteiger partial charge in [-0.2, -0.15) is 0 Å². The monoisotopic (exact) mass is 573 g/mol. The third kappa shape index (κ3) is 3.57. The van der Waals surface area contributed by atoms with Crippen LogP contribution in [0.5, 0.6) is 0 Å². The highest BCUT2D eigenvalue weighted by Crippen LogP contribution is 2.48. The van der Waals surface area contributed by atoms with Crippen LogP contribution in [0, 0.1) is 0 Å². The average molecular weight is 574 g/mol. The van der Waals surface area contributed by atoms with Gasteiger partial charge in [-0.1, -0.05) is 103 Å². The summed E-state index contributed by atoms with van der Waals surface area (Å²) in [4.78, 5) is 0. The lowest BCUT2D eigenvalue weighted by molar-refractivity contribution is 0.669. The Kier molecular flexibility index (Phi) is 5.09. The van der Waals surface area contributed by atoms with Crippen molar-refractivity contribution in [3.8, 4) is 27.9 Å². The molecule has 2 heterocycles. The summed E-state index contributed by atoms with van der Waals surface area (Å²) in [6, 6.07) is 57.2. The number of nitrogens with zero attached hydrogens (tertiary/aromatic N) is 1. The average Bonchev–Trinajstić information content (AvgIpc) is 3.75. The summed E-state index contributed by atoms with van der Waals surface area (Å²) in [6.45, 7) is 0. The molecule has 0 atom stereocenters. The van der Waals surface area contributed by atoms with E-state index in [-0.39, 0.29) is 5.92 Å². The van der Waals surface area contributed by atoms with Crippen LogP contribution in [0.15, 0.2) is 162 Å². The third-order valence-electron chi connectivity index (χ3n) is 9.68. The number of aromatic nitrogens is 1. The highest BCUT2D eigenvalue weighted by Gasteiger charge is 2.29. The molecule has 0 spiro atoms. The van der Waals surface area contributed by atoms with Crippen LogP contribution in [0.1, 0.15) is 22.6 Å². The van der Waals surface area contributed by atoms with Gasteiger partial charge in [0.1, 0.15) is 11.2 Å². The number of benzene rings is 7. The predicted molar refractivity (Wildman–Crippen MR) is 186 cm³/mol. The molecule has 0 radical (unpaired) electrons. The molecule has 0 bridgehead atoms. The Balaban J connectivity index is 1.13. The Morgan fingerprint density at radius 2 is 1.00 bits per heavy atom. The topological polar surface area (TPSA) is 18.1 Å². The van der Waals surface area contributed by atoms with Crippen molar-refractivity contribution in [3.05, 3.63) is 174 Å². The molecule has 1 aliphatic rings. The maximum atomic E-state index is 6.38. The minimum absolute atomic E-state index is 0.208. The van der Waals surface area contributed by atoms with Crippen LogP contribution in [0.4, 0.5) is 0 Å². The molecule has 7 aromatic carbocycles. The van der Waals surface area contributed by atoms with Gasteiger partial charge in [-0.25, -0.2) is 0 Å². The summed E-state index contributed by atoms with van der Waals surface area (Å²) >= 11 is 0. The summed E-state index contributed by atoms with van der Waals surface area (Å²) < 4.78 is 8.74. The van der Waals surface area contributed by atoms with Gasteiger partial charge >= 0.3 is 0 Å². The normalized spacial score (nSPS) is 12.8. The molecular weight excluding hydrogens is 546 g/mol. The number of hydrogen-bond donors (Lipinski definition) is 0. The standard InChI is InChI=1S/C43H27NO/c1-2-10-30(11-3-1)44-39-17-9-8-14-33(39)36-24-27(18-21-40(36)44)28-19-22-41-37(25-28)38-26-29(20-23-42(38)45-41)43-34-15-6-4-12-31(34)32-13-5-7-16-35(32)43/h1-26,43H. The second-order valence-electron chi connectivity index (χ2n) is 12.1. The van der Waals surface area contributed by atoms with Crippen molar-refractivity contribution in [3.63, 3.8) is 0 Å². The van der Waals surface area contributed by atoms with E-state index in [9.17, 15) is 0 Å². The largest absolute Gasteiger partial charge is 0.456 e. The molecule has 2 aromatic heterocycles. The Morgan fingerprint density at radius 3 is 1.78 bits per heavy atom. The molecule has 0 amide bonds. The van der Waals surface area contributed by atoms with Gasteiger partial charge < -0.3 is 8.98 Å². The quantitative estimate of drug-likeness (QED) is 0.206. The molecule has 0 unspecified atom stereocenters. The summed E-state index contributed by atoms with van der Waals surface area (Å²) in [5.41, 5.74) is 14.5. The van der Waals surface area contributed by atoms with Crippen molar-refractivity contribution in [1.29, 1.82) is 0 Å². The highest BCUT2D eigenvalue weighted by molar-refractivity contribution is 6.11. The van der Waals surface area contributed by atoms with E-state index in [2.05, 4.69) is 162 Å². The van der Waals surface area contributed by atoms with Gasteiger partial charge in [0, 0.05) is 33.2 Å². The van der Waals surface area contributed by atoms with E-state index in [1.54, 1.807) is 0 Å². The maximum Gasteiger partial charge on any atom is 0.135 e. The lowest BCUT2D eigenvalue weighted by Crippen LogP contribution is -1.98. The van der Waals surface area contributed by atoms with Gasteiger partial charge in [-0.3, -0.25) is 0 Å². The number of hydrogen-bond acceptors (Lipinski definition) is 1. The first-order valence-electron chi connectivity index (χ1n) is 15.6. The van der Waals surface area contributed by atoms with Crippen molar-refractivity contribution < 1.29 is 4.42 Å². The Hall–Kier alpha value is -5.86. The fourth-order valence-electron chi connectivity index (χ4n) is 7.68. The van der Waals surface area contributed by atoms with Crippen molar-refractivity contribution in [1.82, 2.24) is 4.57 Å². The van der Waals surface area contributed by atoms with E-state index in [1.165, 1.54) is 66.4 Å². The van der Waals surface area contributed by atoms with E-state index in [4.69, 9.17) is 4.42 Å². The molecule has 0 fully saturated rings. The number of rotatable bonds is 3. The summed E-state index contributed by atoms with van der Waals surface area (Å²) in [5, 5.41) is 4.82. The predicted octanol–water partition coefficient (Wildman–Crippen LogP) is 11.5. The van der Waals surface area contributed by atoms with E-state index in [0.29, 0.717) is 0 Å². The van der Waals surface area contributed by atoms with Crippen LogP contribution in [0.2, 0.25) is 0 Å². The molecule has 2 heteroatoms. The fourth-order valence-corrected chi connectivity index (χ4v) is 7.68. The van der Waals surface area contributed by atoms with Crippen LogP contribution in [-0.2, 0) is 0 Å². The maximum absolute atomic E-state index is 6.38. The van der Waals surface area contributed by atoms with Crippen LogP contribution >= 0.6 is 0 Å². The van der Waals surface area contributed by atoms with Crippen LogP contribution in [0.3, 0.4) is 0 Å². The van der Waals surface area contributed by atoms with Crippen LogP contribution in [-0.4, -0.2) is 4.57 Å². The van der Waals surface area contributed by atoms with Crippen molar-refractivity contribution in [2.45, 2.75) is 5.92 Å². The van der Waals surface area contributed by atoms with Crippen LogP contribution < -0.4 is 0 Å². The van der Waals surface area contributed by atoms with Crippen molar-refractivity contribution in [2.75, 3.05) is 0 Å². The molecule has 0 N–H and O–H groups in total. The number of para-hydroxylation sites is 2. The van der Waals surface area contributed by atoms with Crippen molar-refractivity contribution in [2.24, 2.45) is 0 Å². The Morgan fingerprint density at radius 1 is 0.422 bits per heavy atom. The first-order valence-corrected chi connectivity index (χ1v) is 15.6. The first kappa shape index (κ1) is 24.6. The van der Waals surface area contributed by atoms with Gasteiger partial charge in [0.2, 0.25) is 0 Å². The van der Waals surface area contributed by atoms with Gasteiger partial charge in [0.15, 0.2) is 0 Å². The second kappa shape index (κ2) is 9.32. The smallest absolute Gasteiger partial charge is 0.135 e. The summed E-state index contributed by atoms with van der Waals surface area (Å²) in [7, 11) is 0. The Labute approximate surface area is 260 Å². The zero-order valence-corrected chi connectivity index (χ0v) is 24.4. The summed E-state index contributed by atoms with van der Waals surface area (Å²) in [5.74, 6) is 0.208. The van der Waals surface area contributed by atoms with Gasteiger partial charge in [-0.05, 0) is 93.5 Å². The fraction of sp³-hybridized carbons (Fsp3) is 0.0233. The molecule has 210 valence electrons. The molecule has 0 aliphatic heterocycles. The van der Waals surface area contributed by atoms with Gasteiger partial charge in [0.25, 0.3) is 0 Å². The highest BCUT2D eigenvalue weighted by atomic mass is 16.3. The molecule has 0 saturated heterocycles. The zero-order valence-electron chi connectivity index (χ0n) is 24.4. The van der Waals surface area contributed by atoms with E-state index < -0.39 is 0 Å². The molecule has 10 rings (SSSR count). The lowest BCUT2D eigenvalue weighted by Gasteiger charge is -2.14. The van der Waals surface area contributed by atoms with Crippen molar-refractivity contribution >= 4 is 43.7 Å². The molecule has 0 saturated carbocycles. The van der Waals surface area contributed by atoms with E-state index in [1.807, 2.05) is 0 Å². The Bertz CT molecular complexity index is 2560. The summed E-state index contributed by atoms with van der Waals surface area (Å²) in [6.07, 6.45) is 0. The number of furan rings is 1. The molecular formula is C43H27NO. The molecule has 2 nitrogen and oxygen atoms in total. The first-order chi connectivity index (χ1) is 22.3. The van der Waals surface area contributed by atoms with E-state index >= 15 is 0 Å². The van der Waals surface area contributed by atoms with Crippen LogP contribution in [0.25, 0.3) is 71.7 Å². The van der Waals surface area contributed by atoms with Gasteiger partial charge in [-0.15, -0.1) is 0 Å². The lowest BCUT2D eigenvalue weighted by atomic mass is 9.88. The van der Waals surface area contributed by atoms with Gasteiger partial charge in [0.05, 0.1) is 11.0 Å². The third-order valence-corrected chi connectivity index (χ3v) is 9.68. The second-order valence-corrected chi connectivity index (χ2v) is 12.1.